The highest BCUT2D eigenvalue weighted by Gasteiger charge is 2.13. The molecular formula is C16H20N2O4. The third-order valence-electron chi connectivity index (χ3n) is 3.27. The zero-order valence-corrected chi connectivity index (χ0v) is 12.8. The van der Waals surface area contributed by atoms with E-state index in [1.807, 2.05) is 0 Å². The molecule has 1 aromatic rings. The highest BCUT2D eigenvalue weighted by molar-refractivity contribution is 5.96. The fourth-order valence-electron chi connectivity index (χ4n) is 1.97. The number of esters is 1. The molecule has 0 spiro atoms. The topological polar surface area (TPSA) is 76.7 Å². The molecule has 0 radical (unpaired) electrons. The Hall–Kier alpha value is -2.50. The first-order valence-corrected chi connectivity index (χ1v) is 7.22. The van der Waals surface area contributed by atoms with Gasteiger partial charge in [-0.05, 0) is 38.0 Å². The number of rotatable bonds is 7. The predicted molar refractivity (Wildman–Crippen MR) is 82.9 cm³/mol. The lowest BCUT2D eigenvalue weighted by Crippen LogP contribution is -2.29. The Bertz CT molecular complexity index is 596. The lowest BCUT2D eigenvalue weighted by molar-refractivity contribution is -0.115. The van der Waals surface area contributed by atoms with Gasteiger partial charge in [-0.2, -0.15) is 0 Å². The summed E-state index contributed by atoms with van der Waals surface area (Å²) in [6.45, 7) is 2.25. The van der Waals surface area contributed by atoms with Crippen molar-refractivity contribution in [3.63, 3.8) is 0 Å². The molecule has 0 saturated heterocycles. The number of hydrogen-bond donors (Lipinski definition) is 2. The SMILES string of the molecule is CCOC(=O)c1ccc(NC(=O)CNC2=CCC2)c(OC)c1. The van der Waals surface area contributed by atoms with Crippen LogP contribution in [-0.4, -0.2) is 32.1 Å². The van der Waals surface area contributed by atoms with E-state index in [2.05, 4.69) is 16.7 Å². The highest BCUT2D eigenvalue weighted by Crippen LogP contribution is 2.26. The van der Waals surface area contributed by atoms with Crippen LogP contribution in [0.25, 0.3) is 0 Å². The fourth-order valence-corrected chi connectivity index (χ4v) is 1.97. The van der Waals surface area contributed by atoms with Crippen LogP contribution in [0.2, 0.25) is 0 Å². The van der Waals surface area contributed by atoms with Gasteiger partial charge in [0.05, 0.1) is 31.5 Å². The van der Waals surface area contributed by atoms with E-state index in [-0.39, 0.29) is 12.5 Å². The predicted octanol–water partition coefficient (Wildman–Crippen LogP) is 2.08. The average Bonchev–Trinajstić information content (AvgIpc) is 2.46. The molecule has 1 amide bonds. The van der Waals surface area contributed by atoms with E-state index in [9.17, 15) is 9.59 Å². The number of amides is 1. The van der Waals surface area contributed by atoms with E-state index in [4.69, 9.17) is 9.47 Å². The maximum Gasteiger partial charge on any atom is 0.338 e. The first-order valence-electron chi connectivity index (χ1n) is 7.22. The van der Waals surface area contributed by atoms with Crippen LogP contribution in [0.4, 0.5) is 5.69 Å². The third-order valence-corrected chi connectivity index (χ3v) is 3.27. The van der Waals surface area contributed by atoms with Gasteiger partial charge in [0, 0.05) is 5.70 Å². The molecule has 0 atom stereocenters. The molecule has 2 rings (SSSR count). The zero-order valence-electron chi connectivity index (χ0n) is 12.8. The van der Waals surface area contributed by atoms with Crippen LogP contribution < -0.4 is 15.4 Å². The molecule has 0 aromatic heterocycles. The summed E-state index contributed by atoms with van der Waals surface area (Å²) in [5.74, 6) is -0.172. The first kappa shape index (κ1) is 15.9. The standard InChI is InChI=1S/C16H20N2O4/c1-3-22-16(20)11-7-8-13(14(9-11)21-2)18-15(19)10-17-12-5-4-6-12/h5,7-9,17H,3-4,6,10H2,1-2H3,(H,18,19). The van der Waals surface area contributed by atoms with E-state index < -0.39 is 5.97 Å². The third kappa shape index (κ3) is 4.00. The summed E-state index contributed by atoms with van der Waals surface area (Å²) in [7, 11) is 1.48. The summed E-state index contributed by atoms with van der Waals surface area (Å²) in [5.41, 5.74) is 2.00. The van der Waals surface area contributed by atoms with Gasteiger partial charge in [0.2, 0.25) is 5.91 Å². The molecule has 0 aliphatic heterocycles. The summed E-state index contributed by atoms with van der Waals surface area (Å²) in [4.78, 5) is 23.6. The quantitative estimate of drug-likeness (QED) is 0.754. The lowest BCUT2D eigenvalue weighted by atomic mass is 10.1. The minimum Gasteiger partial charge on any atom is -0.495 e. The summed E-state index contributed by atoms with van der Waals surface area (Å²) >= 11 is 0. The average molecular weight is 304 g/mol. The molecule has 1 aliphatic rings. The van der Waals surface area contributed by atoms with Gasteiger partial charge in [0.1, 0.15) is 5.75 Å². The normalized spacial score (nSPS) is 12.7. The Morgan fingerprint density at radius 1 is 1.32 bits per heavy atom. The second-order valence-electron chi connectivity index (χ2n) is 4.81. The van der Waals surface area contributed by atoms with Crippen molar-refractivity contribution in [1.82, 2.24) is 5.32 Å². The second-order valence-corrected chi connectivity index (χ2v) is 4.81. The smallest absolute Gasteiger partial charge is 0.338 e. The maximum absolute atomic E-state index is 11.9. The number of carbonyl (C=O) groups excluding carboxylic acids is 2. The molecule has 1 aliphatic carbocycles. The molecule has 6 nitrogen and oxygen atoms in total. The molecule has 2 N–H and O–H groups in total. The minimum absolute atomic E-state index is 0.171. The number of ether oxygens (including phenoxy) is 2. The first-order chi connectivity index (χ1) is 10.6. The molecule has 6 heteroatoms. The number of anilines is 1. The molecule has 1 aromatic carbocycles. The number of hydrogen-bond acceptors (Lipinski definition) is 5. The van der Waals surface area contributed by atoms with E-state index in [0.29, 0.717) is 23.6 Å². The van der Waals surface area contributed by atoms with Crippen molar-refractivity contribution in [2.24, 2.45) is 0 Å². The van der Waals surface area contributed by atoms with Gasteiger partial charge >= 0.3 is 5.97 Å². The molecular weight excluding hydrogens is 284 g/mol. The van der Waals surface area contributed by atoms with Crippen LogP contribution in [0, 0.1) is 0 Å². The molecule has 0 bridgehead atoms. The van der Waals surface area contributed by atoms with Crippen LogP contribution in [0.1, 0.15) is 30.1 Å². The Labute approximate surface area is 129 Å². The van der Waals surface area contributed by atoms with Crippen LogP contribution in [-0.2, 0) is 9.53 Å². The van der Waals surface area contributed by atoms with Gasteiger partial charge in [-0.25, -0.2) is 4.79 Å². The molecule has 0 heterocycles. The van der Waals surface area contributed by atoms with Crippen molar-refractivity contribution >= 4 is 17.6 Å². The number of allylic oxidation sites excluding steroid dienone is 2. The van der Waals surface area contributed by atoms with Gasteiger partial charge in [-0.1, -0.05) is 6.08 Å². The van der Waals surface area contributed by atoms with E-state index >= 15 is 0 Å². The maximum atomic E-state index is 11.9. The zero-order chi connectivity index (χ0) is 15.9. The monoisotopic (exact) mass is 304 g/mol. The van der Waals surface area contributed by atoms with Crippen LogP contribution in [0.15, 0.2) is 30.0 Å². The van der Waals surface area contributed by atoms with E-state index in [1.165, 1.54) is 7.11 Å². The Morgan fingerprint density at radius 2 is 2.09 bits per heavy atom. The molecule has 0 unspecified atom stereocenters. The summed E-state index contributed by atoms with van der Waals surface area (Å²) in [6, 6.07) is 4.78. The van der Waals surface area contributed by atoms with Crippen LogP contribution in [0.3, 0.4) is 0 Å². The van der Waals surface area contributed by atoms with Crippen molar-refractivity contribution in [2.75, 3.05) is 25.6 Å². The van der Waals surface area contributed by atoms with Crippen LogP contribution in [0.5, 0.6) is 5.75 Å². The molecule has 22 heavy (non-hydrogen) atoms. The van der Waals surface area contributed by atoms with Crippen LogP contribution >= 0.6 is 0 Å². The largest absolute Gasteiger partial charge is 0.495 e. The summed E-state index contributed by atoms with van der Waals surface area (Å²) in [6.07, 6.45) is 4.11. The van der Waals surface area contributed by atoms with Crippen molar-refractivity contribution in [1.29, 1.82) is 0 Å². The summed E-state index contributed by atoms with van der Waals surface area (Å²) in [5, 5.41) is 5.81. The second kappa shape index (κ2) is 7.49. The van der Waals surface area contributed by atoms with Gasteiger partial charge in [0.15, 0.2) is 0 Å². The lowest BCUT2D eigenvalue weighted by Gasteiger charge is -2.17. The Kier molecular flexibility index (Phi) is 5.41. The Balaban J connectivity index is 2.00. The van der Waals surface area contributed by atoms with E-state index in [0.717, 1.165) is 18.5 Å². The number of nitrogens with one attached hydrogen (secondary N) is 2. The van der Waals surface area contributed by atoms with Gasteiger partial charge in [-0.15, -0.1) is 0 Å². The minimum atomic E-state index is -0.419. The number of benzene rings is 1. The van der Waals surface area contributed by atoms with Crippen molar-refractivity contribution < 1.29 is 19.1 Å². The molecule has 0 fully saturated rings. The molecule has 0 saturated carbocycles. The van der Waals surface area contributed by atoms with Gasteiger partial charge in [0.25, 0.3) is 0 Å². The van der Waals surface area contributed by atoms with Gasteiger partial charge in [-0.3, -0.25) is 4.79 Å². The van der Waals surface area contributed by atoms with Crippen molar-refractivity contribution in [2.45, 2.75) is 19.8 Å². The highest BCUT2D eigenvalue weighted by atomic mass is 16.5. The Morgan fingerprint density at radius 3 is 2.68 bits per heavy atom. The van der Waals surface area contributed by atoms with Gasteiger partial charge < -0.3 is 20.1 Å². The summed E-state index contributed by atoms with van der Waals surface area (Å²) < 4.78 is 10.2. The van der Waals surface area contributed by atoms with Crippen molar-refractivity contribution in [3.8, 4) is 5.75 Å². The van der Waals surface area contributed by atoms with Crippen molar-refractivity contribution in [3.05, 3.63) is 35.5 Å². The number of methoxy groups -OCH3 is 1. The molecule has 118 valence electrons. The fraction of sp³-hybridized carbons (Fsp3) is 0.375. The van der Waals surface area contributed by atoms with E-state index in [1.54, 1.807) is 25.1 Å². The number of carbonyl (C=O) groups is 2.